The van der Waals surface area contributed by atoms with Gasteiger partial charge in [-0.15, -0.1) is 11.3 Å². The number of thiazole rings is 1. The SMILES string of the molecule is Cc1ccc(C(=O)NCc2cncs2)cc1. The first-order chi connectivity index (χ1) is 7.75. The lowest BCUT2D eigenvalue weighted by atomic mass is 10.1. The molecule has 0 atom stereocenters. The second-order valence-corrected chi connectivity index (χ2v) is 4.49. The highest BCUT2D eigenvalue weighted by atomic mass is 32.1. The second kappa shape index (κ2) is 4.90. The minimum atomic E-state index is -0.0478. The Bertz CT molecular complexity index is 462. The topological polar surface area (TPSA) is 42.0 Å². The molecule has 0 aliphatic rings. The van der Waals surface area contributed by atoms with E-state index in [0.29, 0.717) is 12.1 Å². The second-order valence-electron chi connectivity index (χ2n) is 3.52. The summed E-state index contributed by atoms with van der Waals surface area (Å²) in [5, 5.41) is 2.85. The van der Waals surface area contributed by atoms with Gasteiger partial charge in [0.1, 0.15) is 0 Å². The fraction of sp³-hybridized carbons (Fsp3) is 0.167. The molecule has 3 nitrogen and oxygen atoms in total. The molecule has 0 bridgehead atoms. The number of aromatic nitrogens is 1. The first kappa shape index (κ1) is 10.8. The van der Waals surface area contributed by atoms with Crippen LogP contribution in [0.25, 0.3) is 0 Å². The summed E-state index contributed by atoms with van der Waals surface area (Å²) in [5.41, 5.74) is 3.60. The van der Waals surface area contributed by atoms with Gasteiger partial charge in [0.15, 0.2) is 0 Å². The molecule has 0 aliphatic heterocycles. The number of rotatable bonds is 3. The van der Waals surface area contributed by atoms with Crippen LogP contribution in [0, 0.1) is 6.92 Å². The zero-order chi connectivity index (χ0) is 11.4. The Morgan fingerprint density at radius 3 is 2.75 bits per heavy atom. The first-order valence-corrected chi connectivity index (χ1v) is 5.86. The number of aryl methyl sites for hydroxylation is 1. The molecule has 4 heteroatoms. The van der Waals surface area contributed by atoms with Crippen molar-refractivity contribution in [1.82, 2.24) is 10.3 Å². The third-order valence-corrected chi connectivity index (χ3v) is 3.00. The van der Waals surface area contributed by atoms with Gasteiger partial charge in [-0.05, 0) is 19.1 Å². The van der Waals surface area contributed by atoms with Gasteiger partial charge < -0.3 is 5.32 Å². The van der Waals surface area contributed by atoms with Crippen LogP contribution in [-0.2, 0) is 6.54 Å². The average molecular weight is 232 g/mol. The van der Waals surface area contributed by atoms with Crippen molar-refractivity contribution >= 4 is 17.2 Å². The average Bonchev–Trinajstić information content (AvgIpc) is 2.80. The summed E-state index contributed by atoms with van der Waals surface area (Å²) in [6.45, 7) is 2.54. The van der Waals surface area contributed by atoms with Crippen molar-refractivity contribution in [2.45, 2.75) is 13.5 Å². The van der Waals surface area contributed by atoms with E-state index in [1.54, 1.807) is 11.7 Å². The molecule has 0 unspecified atom stereocenters. The minimum absolute atomic E-state index is 0.0478. The number of benzene rings is 1. The fourth-order valence-electron chi connectivity index (χ4n) is 1.30. The van der Waals surface area contributed by atoms with Gasteiger partial charge in [0.25, 0.3) is 5.91 Å². The van der Waals surface area contributed by atoms with E-state index in [4.69, 9.17) is 0 Å². The van der Waals surface area contributed by atoms with Crippen molar-refractivity contribution in [2.75, 3.05) is 0 Å². The summed E-state index contributed by atoms with van der Waals surface area (Å²) in [7, 11) is 0. The first-order valence-electron chi connectivity index (χ1n) is 4.98. The van der Waals surface area contributed by atoms with E-state index in [9.17, 15) is 4.79 Å². The summed E-state index contributed by atoms with van der Waals surface area (Å²) in [5.74, 6) is -0.0478. The van der Waals surface area contributed by atoms with Crippen LogP contribution in [0.1, 0.15) is 20.8 Å². The lowest BCUT2D eigenvalue weighted by Gasteiger charge is -2.03. The fourth-order valence-corrected chi connectivity index (χ4v) is 1.84. The Balaban J connectivity index is 1.95. The molecule has 0 saturated heterocycles. The van der Waals surface area contributed by atoms with Gasteiger partial charge in [-0.2, -0.15) is 0 Å². The molecule has 82 valence electrons. The minimum Gasteiger partial charge on any atom is -0.347 e. The smallest absolute Gasteiger partial charge is 0.251 e. The Hall–Kier alpha value is -1.68. The molecule has 0 saturated carbocycles. The molecule has 1 heterocycles. The Morgan fingerprint density at radius 1 is 1.38 bits per heavy atom. The van der Waals surface area contributed by atoms with E-state index >= 15 is 0 Å². The number of nitrogens with zero attached hydrogens (tertiary/aromatic N) is 1. The number of hydrogen-bond donors (Lipinski definition) is 1. The van der Waals surface area contributed by atoms with Crippen LogP contribution < -0.4 is 5.32 Å². The van der Waals surface area contributed by atoms with Gasteiger partial charge in [0, 0.05) is 16.6 Å². The number of nitrogens with one attached hydrogen (secondary N) is 1. The zero-order valence-electron chi connectivity index (χ0n) is 8.93. The van der Waals surface area contributed by atoms with Crippen LogP contribution in [0.15, 0.2) is 36.0 Å². The van der Waals surface area contributed by atoms with E-state index in [-0.39, 0.29) is 5.91 Å². The summed E-state index contributed by atoms with van der Waals surface area (Å²) >= 11 is 1.54. The normalized spacial score (nSPS) is 10.1. The maximum atomic E-state index is 11.7. The molecular weight excluding hydrogens is 220 g/mol. The molecule has 2 aromatic rings. The largest absolute Gasteiger partial charge is 0.347 e. The summed E-state index contributed by atoms with van der Waals surface area (Å²) in [6.07, 6.45) is 1.76. The van der Waals surface area contributed by atoms with Crippen LogP contribution in [0.2, 0.25) is 0 Å². The molecule has 2 rings (SSSR count). The van der Waals surface area contributed by atoms with E-state index < -0.39 is 0 Å². The van der Waals surface area contributed by atoms with Crippen molar-refractivity contribution in [3.8, 4) is 0 Å². The van der Waals surface area contributed by atoms with Crippen LogP contribution in [0.5, 0.6) is 0 Å². The van der Waals surface area contributed by atoms with Gasteiger partial charge in [0.05, 0.1) is 12.1 Å². The monoisotopic (exact) mass is 232 g/mol. The molecule has 1 N–H and O–H groups in total. The summed E-state index contributed by atoms with van der Waals surface area (Å²) in [4.78, 5) is 16.7. The van der Waals surface area contributed by atoms with E-state index in [2.05, 4.69) is 10.3 Å². The number of carbonyl (C=O) groups is 1. The zero-order valence-corrected chi connectivity index (χ0v) is 9.75. The predicted octanol–water partition coefficient (Wildman–Crippen LogP) is 2.38. The van der Waals surface area contributed by atoms with Crippen LogP contribution >= 0.6 is 11.3 Å². The van der Waals surface area contributed by atoms with Crippen molar-refractivity contribution in [1.29, 1.82) is 0 Å². The van der Waals surface area contributed by atoms with Crippen molar-refractivity contribution in [3.63, 3.8) is 0 Å². The lowest BCUT2D eigenvalue weighted by Crippen LogP contribution is -2.22. The molecule has 0 radical (unpaired) electrons. The highest BCUT2D eigenvalue weighted by Gasteiger charge is 2.04. The van der Waals surface area contributed by atoms with E-state index in [0.717, 1.165) is 10.4 Å². The van der Waals surface area contributed by atoms with E-state index in [1.807, 2.05) is 31.2 Å². The molecule has 0 fully saturated rings. The Morgan fingerprint density at radius 2 is 2.12 bits per heavy atom. The maximum absolute atomic E-state index is 11.7. The maximum Gasteiger partial charge on any atom is 0.251 e. The highest BCUT2D eigenvalue weighted by Crippen LogP contribution is 2.06. The third kappa shape index (κ3) is 2.67. The van der Waals surface area contributed by atoms with Crippen LogP contribution in [-0.4, -0.2) is 10.9 Å². The van der Waals surface area contributed by atoms with E-state index in [1.165, 1.54) is 11.3 Å². The number of hydrogen-bond acceptors (Lipinski definition) is 3. The van der Waals surface area contributed by atoms with Crippen molar-refractivity contribution in [2.24, 2.45) is 0 Å². The molecule has 0 aliphatic carbocycles. The standard InChI is InChI=1S/C12H12N2OS/c1-9-2-4-10(5-3-9)12(15)14-7-11-6-13-8-16-11/h2-6,8H,7H2,1H3,(H,14,15). The quantitative estimate of drug-likeness (QED) is 0.882. The van der Waals surface area contributed by atoms with Crippen molar-refractivity contribution in [3.05, 3.63) is 52.0 Å². The Labute approximate surface area is 98.2 Å². The molecule has 1 aromatic carbocycles. The van der Waals surface area contributed by atoms with Gasteiger partial charge in [-0.25, -0.2) is 0 Å². The number of carbonyl (C=O) groups excluding carboxylic acids is 1. The predicted molar refractivity (Wildman–Crippen MR) is 64.5 cm³/mol. The van der Waals surface area contributed by atoms with Gasteiger partial charge in [0.2, 0.25) is 0 Å². The lowest BCUT2D eigenvalue weighted by molar-refractivity contribution is 0.0951. The molecule has 16 heavy (non-hydrogen) atoms. The number of amides is 1. The van der Waals surface area contributed by atoms with Crippen LogP contribution in [0.4, 0.5) is 0 Å². The molecule has 1 amide bonds. The third-order valence-electron chi connectivity index (χ3n) is 2.22. The Kier molecular flexibility index (Phi) is 3.31. The molecular formula is C12H12N2OS. The molecule has 1 aromatic heterocycles. The van der Waals surface area contributed by atoms with Crippen molar-refractivity contribution < 1.29 is 4.79 Å². The molecule has 0 spiro atoms. The van der Waals surface area contributed by atoms with Crippen LogP contribution in [0.3, 0.4) is 0 Å². The summed E-state index contributed by atoms with van der Waals surface area (Å²) in [6, 6.07) is 7.53. The highest BCUT2D eigenvalue weighted by molar-refractivity contribution is 7.09. The van der Waals surface area contributed by atoms with Gasteiger partial charge >= 0.3 is 0 Å². The van der Waals surface area contributed by atoms with Gasteiger partial charge in [-0.1, -0.05) is 17.7 Å². The van der Waals surface area contributed by atoms with Gasteiger partial charge in [-0.3, -0.25) is 9.78 Å². The summed E-state index contributed by atoms with van der Waals surface area (Å²) < 4.78 is 0.